The van der Waals surface area contributed by atoms with Crippen molar-refractivity contribution in [3.63, 3.8) is 0 Å². The van der Waals surface area contributed by atoms with Crippen molar-refractivity contribution in [1.82, 2.24) is 5.32 Å². The molecule has 0 heterocycles. The minimum atomic E-state index is -5.23. The fraction of sp³-hybridized carbons (Fsp3) is 0.467. The van der Waals surface area contributed by atoms with Crippen LogP contribution in [0.15, 0.2) is 24.3 Å². The monoisotopic (exact) mass is 364 g/mol. The second kappa shape index (κ2) is 8.56. The lowest BCUT2D eigenvalue weighted by Gasteiger charge is -2.33. The minimum Gasteiger partial charge on any atom is -0.497 e. The highest BCUT2D eigenvalue weighted by molar-refractivity contribution is 5.94. The van der Waals surface area contributed by atoms with Gasteiger partial charge < -0.3 is 19.5 Å². The number of nitrogens with one attached hydrogen (secondary N) is 2. The molecule has 1 aromatic rings. The number of ether oxygens (including phenoxy) is 3. The molecule has 0 saturated carbocycles. The average molecular weight is 364 g/mol. The minimum absolute atomic E-state index is 0.190. The van der Waals surface area contributed by atoms with Crippen LogP contribution in [0.1, 0.15) is 13.8 Å². The molecule has 25 heavy (non-hydrogen) atoms. The molecule has 0 aromatic heterocycles. The van der Waals surface area contributed by atoms with Gasteiger partial charge in [0.15, 0.2) is 0 Å². The summed E-state index contributed by atoms with van der Waals surface area (Å²) in [5.74, 6) is -1.26. The first-order valence-electron chi connectivity index (χ1n) is 7.31. The van der Waals surface area contributed by atoms with Crippen molar-refractivity contribution in [3.05, 3.63) is 24.3 Å². The van der Waals surface area contributed by atoms with Crippen LogP contribution in [-0.2, 0) is 14.3 Å². The van der Waals surface area contributed by atoms with Crippen LogP contribution < -0.4 is 15.4 Å². The lowest BCUT2D eigenvalue weighted by molar-refractivity contribution is -0.282. The van der Waals surface area contributed by atoms with Crippen LogP contribution in [0, 0.1) is 0 Å². The van der Waals surface area contributed by atoms with Gasteiger partial charge in [0.1, 0.15) is 5.75 Å². The van der Waals surface area contributed by atoms with E-state index in [4.69, 9.17) is 4.74 Å². The van der Waals surface area contributed by atoms with Crippen LogP contribution in [0.4, 0.5) is 23.7 Å². The van der Waals surface area contributed by atoms with Gasteiger partial charge in [-0.1, -0.05) is 0 Å². The molecule has 0 aliphatic carbocycles. The summed E-state index contributed by atoms with van der Waals surface area (Å²) >= 11 is 0. The third kappa shape index (κ3) is 4.99. The molecule has 0 saturated heterocycles. The highest BCUT2D eigenvalue weighted by Gasteiger charge is 2.64. The lowest BCUT2D eigenvalue weighted by Crippen LogP contribution is -2.67. The Bertz CT molecular complexity index is 592. The van der Waals surface area contributed by atoms with Gasteiger partial charge in [0.25, 0.3) is 0 Å². The predicted molar refractivity (Wildman–Crippen MR) is 82.2 cm³/mol. The van der Waals surface area contributed by atoms with E-state index in [1.165, 1.54) is 50.5 Å². The molecule has 10 heteroatoms. The number of hydrogen-bond acceptors (Lipinski definition) is 5. The Kier molecular flexibility index (Phi) is 7.04. The molecule has 0 fully saturated rings. The van der Waals surface area contributed by atoms with Gasteiger partial charge in [0.2, 0.25) is 0 Å². The summed E-state index contributed by atoms with van der Waals surface area (Å²) in [5, 5.41) is 3.71. The number of halogens is 3. The number of methoxy groups -OCH3 is 1. The van der Waals surface area contributed by atoms with Gasteiger partial charge in [0, 0.05) is 12.3 Å². The molecule has 0 radical (unpaired) electrons. The Morgan fingerprint density at radius 2 is 1.68 bits per heavy atom. The normalized spacial score (nSPS) is 13.5. The van der Waals surface area contributed by atoms with E-state index >= 15 is 0 Å². The zero-order chi connectivity index (χ0) is 19.1. The fourth-order valence-corrected chi connectivity index (χ4v) is 1.86. The van der Waals surface area contributed by atoms with Crippen molar-refractivity contribution in [2.45, 2.75) is 25.7 Å². The Morgan fingerprint density at radius 3 is 2.12 bits per heavy atom. The Hall–Kier alpha value is -2.49. The van der Waals surface area contributed by atoms with E-state index < -0.39 is 30.5 Å². The SMILES string of the molecule is CCOC(=O)C(NC(=O)Nc1ccc(OC)cc1)(OCC)C(F)(F)F. The average Bonchev–Trinajstić information content (AvgIpc) is 2.54. The van der Waals surface area contributed by atoms with Crippen molar-refractivity contribution >= 4 is 17.7 Å². The first-order valence-corrected chi connectivity index (χ1v) is 7.31. The quantitative estimate of drug-likeness (QED) is 0.574. The van der Waals surface area contributed by atoms with E-state index in [0.29, 0.717) is 5.75 Å². The molecule has 1 unspecified atom stereocenters. The topological polar surface area (TPSA) is 85.9 Å². The van der Waals surface area contributed by atoms with Crippen LogP contribution in [0.3, 0.4) is 0 Å². The Balaban J connectivity index is 3.02. The zero-order valence-corrected chi connectivity index (χ0v) is 13.9. The van der Waals surface area contributed by atoms with Crippen LogP contribution in [0.25, 0.3) is 0 Å². The first-order chi connectivity index (χ1) is 11.7. The second-order valence-electron chi connectivity index (χ2n) is 4.64. The lowest BCUT2D eigenvalue weighted by atomic mass is 10.2. The summed E-state index contributed by atoms with van der Waals surface area (Å²) in [5.41, 5.74) is -3.41. The second-order valence-corrected chi connectivity index (χ2v) is 4.64. The largest absolute Gasteiger partial charge is 0.497 e. The molecule has 140 valence electrons. The third-order valence-electron chi connectivity index (χ3n) is 2.96. The summed E-state index contributed by atoms with van der Waals surface area (Å²) in [6.07, 6.45) is -5.23. The van der Waals surface area contributed by atoms with E-state index in [0.717, 1.165) is 0 Å². The summed E-state index contributed by atoms with van der Waals surface area (Å²) in [7, 11) is 1.44. The molecule has 1 rings (SSSR count). The van der Waals surface area contributed by atoms with Crippen molar-refractivity contribution in [2.24, 2.45) is 0 Å². The number of amides is 2. The van der Waals surface area contributed by atoms with Crippen LogP contribution in [0.5, 0.6) is 5.75 Å². The number of urea groups is 1. The van der Waals surface area contributed by atoms with Gasteiger partial charge in [-0.25, -0.2) is 9.59 Å². The van der Waals surface area contributed by atoms with Gasteiger partial charge in [-0.3, -0.25) is 5.32 Å². The van der Waals surface area contributed by atoms with Gasteiger partial charge >= 0.3 is 23.9 Å². The molecule has 7 nitrogen and oxygen atoms in total. The maximum Gasteiger partial charge on any atom is 0.448 e. The van der Waals surface area contributed by atoms with Crippen LogP contribution in [0.2, 0.25) is 0 Å². The van der Waals surface area contributed by atoms with Gasteiger partial charge in [-0.15, -0.1) is 0 Å². The van der Waals surface area contributed by atoms with E-state index in [-0.39, 0.29) is 12.3 Å². The third-order valence-corrected chi connectivity index (χ3v) is 2.96. The number of esters is 1. The molecular formula is C15H19F3N2O5. The molecule has 0 aliphatic heterocycles. The number of benzene rings is 1. The smallest absolute Gasteiger partial charge is 0.448 e. The summed E-state index contributed by atoms with van der Waals surface area (Å²) in [4.78, 5) is 23.8. The van der Waals surface area contributed by atoms with E-state index in [1.807, 2.05) is 0 Å². The van der Waals surface area contributed by atoms with E-state index in [2.05, 4.69) is 14.8 Å². The van der Waals surface area contributed by atoms with Gasteiger partial charge in [0.05, 0.1) is 13.7 Å². The van der Waals surface area contributed by atoms with Crippen molar-refractivity contribution < 1.29 is 37.0 Å². The van der Waals surface area contributed by atoms with Crippen LogP contribution >= 0.6 is 0 Å². The zero-order valence-electron chi connectivity index (χ0n) is 13.9. The van der Waals surface area contributed by atoms with Crippen LogP contribution in [-0.4, -0.2) is 44.2 Å². The van der Waals surface area contributed by atoms with E-state index in [9.17, 15) is 22.8 Å². The molecule has 2 amide bonds. The number of anilines is 1. The van der Waals surface area contributed by atoms with Gasteiger partial charge in [-0.2, -0.15) is 13.2 Å². The molecule has 0 spiro atoms. The number of hydrogen-bond donors (Lipinski definition) is 2. The molecule has 0 aliphatic rings. The summed E-state index contributed by atoms with van der Waals surface area (Å²) in [6.45, 7) is 1.79. The number of carbonyl (C=O) groups excluding carboxylic acids is 2. The first kappa shape index (κ1) is 20.6. The predicted octanol–water partition coefficient (Wildman–Crippen LogP) is 2.67. The van der Waals surface area contributed by atoms with Crippen molar-refractivity contribution in [3.8, 4) is 5.75 Å². The summed E-state index contributed by atoms with van der Waals surface area (Å²) in [6, 6.07) is 4.54. The highest BCUT2D eigenvalue weighted by atomic mass is 19.4. The maximum absolute atomic E-state index is 13.4. The Morgan fingerprint density at radius 1 is 1.08 bits per heavy atom. The standard InChI is InChI=1S/C15H19F3N2O5/c1-4-24-12(21)14(25-5-2,15(16,17)18)20-13(22)19-10-6-8-11(23-3)9-7-10/h6-9H,4-5H2,1-3H3,(H2,19,20,22). The number of rotatable bonds is 7. The van der Waals surface area contributed by atoms with Gasteiger partial charge in [-0.05, 0) is 38.1 Å². The number of alkyl halides is 3. The van der Waals surface area contributed by atoms with Crippen molar-refractivity contribution in [1.29, 1.82) is 0 Å². The van der Waals surface area contributed by atoms with Crippen molar-refractivity contribution in [2.75, 3.05) is 25.6 Å². The molecule has 1 atom stereocenters. The number of carbonyl (C=O) groups is 2. The molecule has 1 aromatic carbocycles. The summed E-state index contributed by atoms with van der Waals surface area (Å²) < 4.78 is 54.3. The highest BCUT2D eigenvalue weighted by Crippen LogP contribution is 2.33. The molecule has 2 N–H and O–H groups in total. The maximum atomic E-state index is 13.4. The molecule has 0 bridgehead atoms. The van der Waals surface area contributed by atoms with E-state index in [1.54, 1.807) is 0 Å². The fourth-order valence-electron chi connectivity index (χ4n) is 1.86. The molecular weight excluding hydrogens is 345 g/mol. The Labute approximate surface area is 142 Å².